The number of likely N-dealkylation sites (tertiary alicyclic amines) is 1. The molecule has 330 valence electrons. The van der Waals surface area contributed by atoms with Gasteiger partial charge in [0.25, 0.3) is 11.8 Å². The number of nitrogens with two attached hydrogens (primary N) is 1. The van der Waals surface area contributed by atoms with Crippen LogP contribution >= 0.6 is 11.6 Å². The van der Waals surface area contributed by atoms with E-state index >= 15 is 0 Å². The molecule has 18 heteroatoms. The summed E-state index contributed by atoms with van der Waals surface area (Å²) < 4.78 is 28.2. The lowest BCUT2D eigenvalue weighted by Crippen LogP contribution is -2.54. The highest BCUT2D eigenvalue weighted by Crippen LogP contribution is 2.36. The molecule has 0 saturated carbocycles. The summed E-state index contributed by atoms with van der Waals surface area (Å²) in [6.45, 7) is 5.58. The molecule has 3 aromatic carbocycles. The number of carbonyl (C=O) groups is 6. The summed E-state index contributed by atoms with van der Waals surface area (Å²) >= 11 is 6.53. The van der Waals surface area contributed by atoms with E-state index < -0.39 is 47.4 Å². The summed E-state index contributed by atoms with van der Waals surface area (Å²) in [6.07, 6.45) is 4.47. The maximum Gasteiger partial charge on any atom is 0.266 e. The molecule has 1 unspecified atom stereocenters. The minimum absolute atomic E-state index is 0.0346. The summed E-state index contributed by atoms with van der Waals surface area (Å²) in [5.41, 5.74) is 7.70. The van der Waals surface area contributed by atoms with E-state index in [0.29, 0.717) is 81.1 Å². The van der Waals surface area contributed by atoms with E-state index in [4.69, 9.17) is 41.0 Å². The Morgan fingerprint density at radius 2 is 1.66 bits per heavy atom. The van der Waals surface area contributed by atoms with Gasteiger partial charge in [-0.1, -0.05) is 23.7 Å². The van der Waals surface area contributed by atoms with E-state index in [9.17, 15) is 33.9 Å². The summed E-state index contributed by atoms with van der Waals surface area (Å²) in [5.74, 6) is -2.77. The van der Waals surface area contributed by atoms with Crippen molar-refractivity contribution in [3.8, 4) is 17.2 Å². The van der Waals surface area contributed by atoms with Crippen LogP contribution in [0.15, 0.2) is 54.6 Å². The maximum absolute atomic E-state index is 13.2. The Balaban J connectivity index is 0.848. The number of hydrogen-bond donors (Lipinski definition) is 4. The summed E-state index contributed by atoms with van der Waals surface area (Å²) in [7, 11) is 0. The van der Waals surface area contributed by atoms with E-state index in [-0.39, 0.29) is 60.8 Å². The summed E-state index contributed by atoms with van der Waals surface area (Å²) in [6, 6.07) is 11.7. The van der Waals surface area contributed by atoms with Crippen LogP contribution in [0.5, 0.6) is 17.2 Å². The number of piperidine rings is 1. The van der Waals surface area contributed by atoms with Crippen LogP contribution in [-0.4, -0.2) is 128 Å². The lowest BCUT2D eigenvalue weighted by Gasteiger charge is -2.27. The Bertz CT molecular complexity index is 2200. The van der Waals surface area contributed by atoms with Crippen molar-refractivity contribution in [2.75, 3.05) is 71.3 Å². The largest absolute Gasteiger partial charge is 0.507 e. The van der Waals surface area contributed by atoms with Crippen molar-refractivity contribution in [3.05, 3.63) is 87.4 Å². The highest BCUT2D eigenvalue weighted by molar-refractivity contribution is 6.32. The Hall–Kier alpha value is -5.85. The van der Waals surface area contributed by atoms with Crippen molar-refractivity contribution >= 4 is 58.7 Å². The second-order valence-corrected chi connectivity index (χ2v) is 15.0. The predicted octanol–water partition coefficient (Wildman–Crippen LogP) is 3.73. The molecule has 0 radical (unpaired) electrons. The number of phenolic OH excluding ortho intramolecular Hbond substituents is 1. The number of hydrogen-bond acceptors (Lipinski definition) is 14. The van der Waals surface area contributed by atoms with Crippen LogP contribution in [0.4, 0.5) is 5.69 Å². The number of anilines is 1. The van der Waals surface area contributed by atoms with E-state index in [1.165, 1.54) is 18.2 Å². The predicted molar refractivity (Wildman–Crippen MR) is 226 cm³/mol. The van der Waals surface area contributed by atoms with Gasteiger partial charge in [-0.15, -0.1) is 0 Å². The number of carbonyl (C=O) groups excluding carboxylic acids is 6. The molecule has 3 heterocycles. The van der Waals surface area contributed by atoms with Crippen LogP contribution in [0.3, 0.4) is 0 Å². The number of allylic oxidation sites excluding steroid dienone is 1. The van der Waals surface area contributed by atoms with Gasteiger partial charge in [0.15, 0.2) is 5.78 Å². The van der Waals surface area contributed by atoms with Crippen LogP contribution in [-0.2, 0) is 35.1 Å². The van der Waals surface area contributed by atoms with Gasteiger partial charge in [-0.25, -0.2) is 0 Å². The minimum Gasteiger partial charge on any atom is -0.507 e. The van der Waals surface area contributed by atoms with Crippen LogP contribution in [0.2, 0.25) is 5.02 Å². The first-order valence-corrected chi connectivity index (χ1v) is 20.8. The van der Waals surface area contributed by atoms with Gasteiger partial charge in [0.2, 0.25) is 17.7 Å². The summed E-state index contributed by atoms with van der Waals surface area (Å²) in [5, 5.41) is 17.0. The molecule has 5 N–H and O–H groups in total. The monoisotopic (exact) mass is 875 g/mol. The molecule has 0 spiro atoms. The average molecular weight is 876 g/mol. The normalized spacial score (nSPS) is 17.7. The molecule has 3 aromatic rings. The summed E-state index contributed by atoms with van der Waals surface area (Å²) in [4.78, 5) is 78.0. The number of ketones is 1. The number of imide groups is 2. The third-order valence-corrected chi connectivity index (χ3v) is 10.8. The molecular formula is C44H50ClN5O12. The molecule has 3 aliphatic rings. The van der Waals surface area contributed by atoms with Crippen molar-refractivity contribution in [1.82, 2.24) is 15.1 Å². The molecule has 0 bridgehead atoms. The van der Waals surface area contributed by atoms with Crippen molar-refractivity contribution < 1.29 is 57.6 Å². The Kier molecular flexibility index (Phi) is 16.1. The van der Waals surface area contributed by atoms with Crippen LogP contribution in [0, 0.1) is 0 Å². The lowest BCUT2D eigenvalue weighted by atomic mass is 10.0. The zero-order valence-electron chi connectivity index (χ0n) is 34.3. The van der Waals surface area contributed by atoms with Gasteiger partial charge in [-0.05, 0) is 86.8 Å². The average Bonchev–Trinajstić information content (AvgIpc) is 3.82. The molecule has 2 fully saturated rings. The fourth-order valence-electron chi connectivity index (χ4n) is 7.45. The number of primary amides is 1. The number of ether oxygens (including phenoxy) is 5. The van der Waals surface area contributed by atoms with Gasteiger partial charge in [-0.2, -0.15) is 0 Å². The molecule has 3 aliphatic heterocycles. The molecular weight excluding hydrogens is 826 g/mol. The smallest absolute Gasteiger partial charge is 0.266 e. The molecule has 2 atom stereocenters. The van der Waals surface area contributed by atoms with E-state index in [2.05, 4.69) is 10.6 Å². The number of rotatable bonds is 23. The van der Waals surface area contributed by atoms with Crippen molar-refractivity contribution in [2.45, 2.75) is 51.2 Å². The number of fused-ring (bicyclic) bond motifs is 1. The quantitative estimate of drug-likeness (QED) is 0.0461. The molecule has 5 amide bonds. The third-order valence-electron chi connectivity index (χ3n) is 10.5. The Labute approximate surface area is 363 Å². The SMILES string of the molecule is CCOc1ccc(C(=O)/C=C/c2ccc(NCCOCCOCCOCCOc3cccc4c3C(=O)N(C3CCC(=O)NC3=O)C4=O)cc2Cl)c(O)c1CN1CCC[C@H]1C(N)=O. The topological polar surface area (TPSA) is 225 Å². The van der Waals surface area contributed by atoms with Gasteiger partial charge in [-0.3, -0.25) is 43.9 Å². The first-order valence-electron chi connectivity index (χ1n) is 20.5. The van der Waals surface area contributed by atoms with Crippen LogP contribution < -0.4 is 25.8 Å². The van der Waals surface area contributed by atoms with E-state index in [1.807, 2.05) is 17.9 Å². The minimum atomic E-state index is -1.06. The molecule has 2 saturated heterocycles. The second-order valence-electron chi connectivity index (χ2n) is 14.6. The van der Waals surface area contributed by atoms with Crippen molar-refractivity contribution in [2.24, 2.45) is 5.73 Å². The number of nitrogens with one attached hydrogen (secondary N) is 2. The third kappa shape index (κ3) is 11.1. The van der Waals surface area contributed by atoms with E-state index in [1.54, 1.807) is 36.4 Å². The number of benzene rings is 3. The zero-order chi connectivity index (χ0) is 44.2. The maximum atomic E-state index is 13.2. The number of nitrogens with zero attached hydrogens (tertiary/aromatic N) is 2. The van der Waals surface area contributed by atoms with Gasteiger partial charge < -0.3 is 39.8 Å². The first kappa shape index (κ1) is 45.7. The molecule has 6 rings (SSSR count). The number of aromatic hydroxyl groups is 1. The highest BCUT2D eigenvalue weighted by Gasteiger charge is 2.46. The van der Waals surface area contributed by atoms with Gasteiger partial charge in [0, 0.05) is 30.2 Å². The van der Waals surface area contributed by atoms with E-state index in [0.717, 1.165) is 17.0 Å². The van der Waals surface area contributed by atoms with Crippen LogP contribution in [0.25, 0.3) is 6.08 Å². The Morgan fingerprint density at radius 3 is 2.37 bits per heavy atom. The zero-order valence-corrected chi connectivity index (χ0v) is 35.1. The van der Waals surface area contributed by atoms with Crippen molar-refractivity contribution in [1.29, 1.82) is 0 Å². The van der Waals surface area contributed by atoms with Gasteiger partial charge in [0.05, 0.1) is 74.5 Å². The molecule has 0 aliphatic carbocycles. The standard InChI is InChI=1S/C44H50ClN5O12/c1-2-61-36-14-11-29(40(53)31(36)26-49-17-4-6-33(49)41(46)54)35(51)13-9-27-8-10-28(25-32(27)45)47-16-18-58-19-20-59-21-22-60-23-24-62-37-7-3-5-30-39(37)44(57)50(43(30)56)34-12-15-38(52)48-42(34)55/h3,5,7-11,13-14,25,33-34,47,53H,2,4,6,12,15-24,26H2,1H3,(H2,46,54)(H,48,52,55)/b13-9+/t33-,34?/m0/s1. The lowest BCUT2D eigenvalue weighted by molar-refractivity contribution is -0.136. The fraction of sp³-hybridized carbons (Fsp3) is 0.409. The van der Waals surface area contributed by atoms with Crippen molar-refractivity contribution in [3.63, 3.8) is 0 Å². The van der Waals surface area contributed by atoms with Gasteiger partial charge in [0.1, 0.15) is 29.9 Å². The highest BCUT2D eigenvalue weighted by atomic mass is 35.5. The molecule has 62 heavy (non-hydrogen) atoms. The number of halogens is 1. The molecule has 17 nitrogen and oxygen atoms in total. The fourth-order valence-corrected chi connectivity index (χ4v) is 7.70. The second kappa shape index (κ2) is 21.8. The Morgan fingerprint density at radius 1 is 0.919 bits per heavy atom. The molecule has 0 aromatic heterocycles. The first-order chi connectivity index (χ1) is 30.0. The van der Waals surface area contributed by atoms with Gasteiger partial charge >= 0.3 is 0 Å². The number of amides is 5. The number of phenols is 1. The van der Waals surface area contributed by atoms with Crippen LogP contribution in [0.1, 0.15) is 74.8 Å².